The zero-order chi connectivity index (χ0) is 14.9. The summed E-state index contributed by atoms with van der Waals surface area (Å²) in [6, 6.07) is 8.65. The Labute approximate surface area is 130 Å². The van der Waals surface area contributed by atoms with Gasteiger partial charge in [0.1, 0.15) is 5.82 Å². The van der Waals surface area contributed by atoms with Crippen LogP contribution in [0.2, 0.25) is 0 Å². The first-order valence-electron chi connectivity index (χ1n) is 8.56. The summed E-state index contributed by atoms with van der Waals surface area (Å²) in [6.45, 7) is 0.901. The summed E-state index contributed by atoms with van der Waals surface area (Å²) in [4.78, 5) is 17.3. The molecule has 1 saturated carbocycles. The number of rotatable bonds is 2. The summed E-state index contributed by atoms with van der Waals surface area (Å²) in [5.41, 5.74) is 2.24. The Hall–Kier alpha value is -1.84. The Kier molecular flexibility index (Phi) is 3.60. The third-order valence-electron chi connectivity index (χ3n) is 5.19. The Morgan fingerprint density at radius 1 is 1.14 bits per heavy atom. The van der Waals surface area contributed by atoms with Crippen LogP contribution in [0.5, 0.6) is 0 Å². The van der Waals surface area contributed by atoms with Crippen molar-refractivity contribution >= 4 is 16.9 Å². The number of carbonyl (C=O) groups excluding carboxylic acids is 1. The van der Waals surface area contributed by atoms with Crippen LogP contribution in [0.25, 0.3) is 11.0 Å². The van der Waals surface area contributed by atoms with Gasteiger partial charge in [0.15, 0.2) is 0 Å². The highest BCUT2D eigenvalue weighted by atomic mass is 16.1. The van der Waals surface area contributed by atoms with E-state index in [2.05, 4.69) is 28.1 Å². The third kappa shape index (κ3) is 2.51. The van der Waals surface area contributed by atoms with Crippen LogP contribution < -0.4 is 5.32 Å². The van der Waals surface area contributed by atoms with E-state index < -0.39 is 0 Å². The maximum absolute atomic E-state index is 12.5. The molecule has 0 saturated heterocycles. The van der Waals surface area contributed by atoms with Gasteiger partial charge in [-0.25, -0.2) is 4.98 Å². The van der Waals surface area contributed by atoms with E-state index in [0.29, 0.717) is 6.04 Å². The van der Waals surface area contributed by atoms with Crippen LogP contribution in [0.1, 0.15) is 44.3 Å². The summed E-state index contributed by atoms with van der Waals surface area (Å²) >= 11 is 0. The van der Waals surface area contributed by atoms with Gasteiger partial charge in [0.25, 0.3) is 0 Å². The molecule has 1 fully saturated rings. The van der Waals surface area contributed by atoms with Gasteiger partial charge < -0.3 is 9.88 Å². The summed E-state index contributed by atoms with van der Waals surface area (Å²) in [7, 11) is 0. The molecule has 1 aromatic carbocycles. The van der Waals surface area contributed by atoms with E-state index >= 15 is 0 Å². The van der Waals surface area contributed by atoms with E-state index in [-0.39, 0.29) is 11.8 Å². The summed E-state index contributed by atoms with van der Waals surface area (Å²) in [6.07, 6.45) is 7.82. The Bertz CT molecular complexity index is 685. The monoisotopic (exact) mass is 297 g/mol. The van der Waals surface area contributed by atoms with Gasteiger partial charge in [-0.1, -0.05) is 31.4 Å². The molecule has 2 heterocycles. The second kappa shape index (κ2) is 5.75. The number of amides is 1. The molecular weight excluding hydrogens is 274 g/mol. The second-order valence-electron chi connectivity index (χ2n) is 6.70. The van der Waals surface area contributed by atoms with Crippen molar-refractivity contribution in [3.05, 3.63) is 30.1 Å². The van der Waals surface area contributed by atoms with Crippen LogP contribution in [0, 0.1) is 5.92 Å². The number of nitrogens with zero attached hydrogens (tertiary/aromatic N) is 2. The first kappa shape index (κ1) is 13.8. The summed E-state index contributed by atoms with van der Waals surface area (Å²) in [5, 5.41) is 3.28. The first-order chi connectivity index (χ1) is 10.8. The zero-order valence-corrected chi connectivity index (χ0v) is 12.9. The average molecular weight is 297 g/mol. The number of benzene rings is 1. The molecular formula is C18H23N3O. The largest absolute Gasteiger partial charge is 0.353 e. The lowest BCUT2D eigenvalue weighted by atomic mass is 9.92. The number of imidazole rings is 1. The maximum atomic E-state index is 12.5. The molecule has 2 aromatic rings. The SMILES string of the molecule is O=C(NC1CCCCC1)C1CCn2c(nc3ccccc32)C1. The molecule has 22 heavy (non-hydrogen) atoms. The molecule has 1 N–H and O–H groups in total. The number of aryl methyl sites for hydroxylation is 1. The number of aromatic nitrogens is 2. The molecule has 0 bridgehead atoms. The molecule has 0 radical (unpaired) electrons. The zero-order valence-electron chi connectivity index (χ0n) is 12.9. The van der Waals surface area contributed by atoms with Crippen LogP contribution >= 0.6 is 0 Å². The van der Waals surface area contributed by atoms with E-state index in [0.717, 1.165) is 43.6 Å². The minimum absolute atomic E-state index is 0.0891. The molecule has 1 unspecified atom stereocenters. The van der Waals surface area contributed by atoms with Crippen LogP contribution in [-0.2, 0) is 17.8 Å². The number of hydrogen-bond acceptors (Lipinski definition) is 2. The first-order valence-corrected chi connectivity index (χ1v) is 8.56. The molecule has 4 nitrogen and oxygen atoms in total. The number of hydrogen-bond donors (Lipinski definition) is 1. The molecule has 1 amide bonds. The fourth-order valence-electron chi connectivity index (χ4n) is 3.93. The van der Waals surface area contributed by atoms with Gasteiger partial charge in [0.2, 0.25) is 5.91 Å². The number of carbonyl (C=O) groups is 1. The minimum Gasteiger partial charge on any atom is -0.353 e. The molecule has 1 aliphatic carbocycles. The molecule has 1 atom stereocenters. The van der Waals surface area contributed by atoms with E-state index in [4.69, 9.17) is 4.98 Å². The predicted molar refractivity (Wildman–Crippen MR) is 86.6 cm³/mol. The highest BCUT2D eigenvalue weighted by molar-refractivity contribution is 5.80. The Morgan fingerprint density at radius 3 is 2.82 bits per heavy atom. The molecule has 0 spiro atoms. The van der Waals surface area contributed by atoms with Gasteiger partial charge >= 0.3 is 0 Å². The van der Waals surface area contributed by atoms with Gasteiger partial charge in [0.05, 0.1) is 11.0 Å². The van der Waals surface area contributed by atoms with Crippen LogP contribution in [0.3, 0.4) is 0 Å². The van der Waals surface area contributed by atoms with Crippen LogP contribution in [-0.4, -0.2) is 21.5 Å². The number of para-hydroxylation sites is 2. The highest BCUT2D eigenvalue weighted by Gasteiger charge is 2.28. The smallest absolute Gasteiger partial charge is 0.223 e. The molecule has 4 heteroatoms. The molecule has 1 aliphatic heterocycles. The quantitative estimate of drug-likeness (QED) is 0.926. The standard InChI is InChI=1S/C18H23N3O/c22-18(19-14-6-2-1-3-7-14)13-10-11-21-16-9-5-4-8-15(16)20-17(21)12-13/h4-5,8-9,13-14H,1-3,6-7,10-12H2,(H,19,22). The summed E-state index contributed by atoms with van der Waals surface area (Å²) < 4.78 is 2.28. The lowest BCUT2D eigenvalue weighted by Crippen LogP contribution is -2.42. The highest BCUT2D eigenvalue weighted by Crippen LogP contribution is 2.26. The topological polar surface area (TPSA) is 46.9 Å². The maximum Gasteiger partial charge on any atom is 0.223 e. The van der Waals surface area contributed by atoms with Crippen LogP contribution in [0.4, 0.5) is 0 Å². The molecule has 1 aromatic heterocycles. The minimum atomic E-state index is 0.0891. The van der Waals surface area contributed by atoms with Crippen LogP contribution in [0.15, 0.2) is 24.3 Å². The molecule has 4 rings (SSSR count). The van der Waals surface area contributed by atoms with Crippen molar-refractivity contribution in [3.63, 3.8) is 0 Å². The second-order valence-corrected chi connectivity index (χ2v) is 6.70. The summed E-state index contributed by atoms with van der Waals surface area (Å²) in [5.74, 6) is 1.40. The van der Waals surface area contributed by atoms with Gasteiger partial charge in [-0.3, -0.25) is 4.79 Å². The van der Waals surface area contributed by atoms with Gasteiger partial charge in [0, 0.05) is 24.9 Å². The Morgan fingerprint density at radius 2 is 1.95 bits per heavy atom. The van der Waals surface area contributed by atoms with E-state index in [1.54, 1.807) is 0 Å². The fourth-order valence-corrected chi connectivity index (χ4v) is 3.93. The van der Waals surface area contributed by atoms with Gasteiger partial charge in [-0.15, -0.1) is 0 Å². The van der Waals surface area contributed by atoms with Crippen molar-refractivity contribution in [3.8, 4) is 0 Å². The van der Waals surface area contributed by atoms with Gasteiger partial charge in [-0.2, -0.15) is 0 Å². The lowest BCUT2D eigenvalue weighted by molar-refractivity contribution is -0.126. The lowest BCUT2D eigenvalue weighted by Gasteiger charge is -2.27. The van der Waals surface area contributed by atoms with Crippen molar-refractivity contribution in [2.45, 2.75) is 57.5 Å². The normalized spacial score (nSPS) is 22.5. The third-order valence-corrected chi connectivity index (χ3v) is 5.19. The van der Waals surface area contributed by atoms with Crippen molar-refractivity contribution in [1.82, 2.24) is 14.9 Å². The van der Waals surface area contributed by atoms with E-state index in [9.17, 15) is 4.79 Å². The number of fused-ring (bicyclic) bond motifs is 3. The van der Waals surface area contributed by atoms with Crippen molar-refractivity contribution in [2.24, 2.45) is 5.92 Å². The fraction of sp³-hybridized carbons (Fsp3) is 0.556. The molecule has 116 valence electrons. The van der Waals surface area contributed by atoms with Gasteiger partial charge in [-0.05, 0) is 31.4 Å². The predicted octanol–water partition coefficient (Wildman–Crippen LogP) is 3.05. The van der Waals surface area contributed by atoms with E-state index in [1.807, 2.05) is 6.07 Å². The van der Waals surface area contributed by atoms with Crippen molar-refractivity contribution < 1.29 is 4.79 Å². The average Bonchev–Trinajstić information content (AvgIpc) is 2.93. The number of nitrogens with one attached hydrogen (secondary N) is 1. The van der Waals surface area contributed by atoms with Crippen molar-refractivity contribution in [1.29, 1.82) is 0 Å². The molecule has 2 aliphatic rings. The Balaban J connectivity index is 1.48. The van der Waals surface area contributed by atoms with E-state index in [1.165, 1.54) is 24.8 Å². The van der Waals surface area contributed by atoms with Crippen molar-refractivity contribution in [2.75, 3.05) is 0 Å².